The van der Waals surface area contributed by atoms with Crippen LogP contribution in [-0.4, -0.2) is 24.0 Å². The van der Waals surface area contributed by atoms with Crippen LogP contribution in [0.25, 0.3) is 0 Å². The van der Waals surface area contributed by atoms with Gasteiger partial charge in [0.2, 0.25) is 0 Å². The second-order valence-electron chi connectivity index (χ2n) is 6.55. The van der Waals surface area contributed by atoms with E-state index in [0.717, 1.165) is 30.6 Å². The molecule has 23 heavy (non-hydrogen) atoms. The largest absolute Gasteiger partial charge is 0.301 e. The highest BCUT2D eigenvalue weighted by Crippen LogP contribution is 2.37. The molecule has 1 fully saturated rings. The van der Waals surface area contributed by atoms with Crippen molar-refractivity contribution in [2.45, 2.75) is 37.6 Å². The van der Waals surface area contributed by atoms with Gasteiger partial charge in [-0.15, -0.1) is 0 Å². The van der Waals surface area contributed by atoms with Gasteiger partial charge in [0.05, 0.1) is 6.07 Å². The van der Waals surface area contributed by atoms with Gasteiger partial charge in [-0.05, 0) is 50.4 Å². The Morgan fingerprint density at radius 2 is 1.43 bits per heavy atom. The third-order valence-electron chi connectivity index (χ3n) is 5.09. The summed E-state index contributed by atoms with van der Waals surface area (Å²) in [5, 5.41) is 10.2. The smallest absolute Gasteiger partial charge is 0.109 e. The Kier molecular flexibility index (Phi) is 4.79. The van der Waals surface area contributed by atoms with E-state index < -0.39 is 5.41 Å². The van der Waals surface area contributed by atoms with Crippen molar-refractivity contribution in [3.63, 3.8) is 0 Å². The van der Waals surface area contributed by atoms with Gasteiger partial charge in [-0.2, -0.15) is 5.26 Å². The maximum Gasteiger partial charge on any atom is 0.109 e. The van der Waals surface area contributed by atoms with Crippen LogP contribution in [0.5, 0.6) is 0 Å². The van der Waals surface area contributed by atoms with Crippen molar-refractivity contribution >= 4 is 0 Å². The van der Waals surface area contributed by atoms with Gasteiger partial charge in [-0.1, -0.05) is 60.7 Å². The van der Waals surface area contributed by atoms with Gasteiger partial charge in [0.15, 0.2) is 0 Å². The second-order valence-corrected chi connectivity index (χ2v) is 6.55. The first-order valence-corrected chi connectivity index (χ1v) is 8.52. The number of nitriles is 1. The highest BCUT2D eigenvalue weighted by atomic mass is 15.2. The summed E-state index contributed by atoms with van der Waals surface area (Å²) >= 11 is 0. The number of hydrogen-bond acceptors (Lipinski definition) is 2. The van der Waals surface area contributed by atoms with Crippen LogP contribution in [-0.2, 0) is 5.41 Å². The normalized spacial score (nSPS) is 16.9. The standard InChI is InChI=1S/C21H24N2/c1-18(23-14-8-9-15-23)16-21(17-22,19-10-4-2-5-11-19)20-12-6-3-7-13-20/h2-7,10-13,18H,8-9,14-16H2,1H3. The molecule has 1 saturated heterocycles. The molecule has 2 heteroatoms. The van der Waals surface area contributed by atoms with Gasteiger partial charge < -0.3 is 4.90 Å². The Morgan fingerprint density at radius 1 is 0.957 bits per heavy atom. The average Bonchev–Trinajstić information content (AvgIpc) is 3.16. The number of likely N-dealkylation sites (tertiary alicyclic amines) is 1. The van der Waals surface area contributed by atoms with Crippen LogP contribution in [0.1, 0.15) is 37.3 Å². The minimum atomic E-state index is -0.579. The minimum absolute atomic E-state index is 0.401. The third-order valence-corrected chi connectivity index (χ3v) is 5.09. The number of benzene rings is 2. The summed E-state index contributed by atoms with van der Waals surface area (Å²) in [7, 11) is 0. The molecular weight excluding hydrogens is 280 g/mol. The number of hydrogen-bond donors (Lipinski definition) is 0. The first-order valence-electron chi connectivity index (χ1n) is 8.52. The van der Waals surface area contributed by atoms with Gasteiger partial charge in [0.25, 0.3) is 0 Å². The van der Waals surface area contributed by atoms with Crippen molar-refractivity contribution in [1.82, 2.24) is 4.90 Å². The molecular formula is C21H24N2. The fourth-order valence-electron chi connectivity index (χ4n) is 3.78. The van der Waals surface area contributed by atoms with E-state index >= 15 is 0 Å². The lowest BCUT2D eigenvalue weighted by Gasteiger charge is -2.34. The lowest BCUT2D eigenvalue weighted by atomic mass is 9.71. The number of rotatable bonds is 5. The third kappa shape index (κ3) is 3.16. The molecule has 1 heterocycles. The highest BCUT2D eigenvalue weighted by Gasteiger charge is 2.37. The molecule has 3 rings (SSSR count). The Bertz CT molecular complexity index is 612. The Balaban J connectivity index is 2.01. The van der Waals surface area contributed by atoms with Crippen molar-refractivity contribution in [2.75, 3.05) is 13.1 Å². The summed E-state index contributed by atoms with van der Waals surface area (Å²) in [6.45, 7) is 4.59. The molecule has 0 bridgehead atoms. The Hall–Kier alpha value is -2.11. The number of nitrogens with zero attached hydrogens (tertiary/aromatic N) is 2. The van der Waals surface area contributed by atoms with E-state index in [9.17, 15) is 5.26 Å². The monoisotopic (exact) mass is 304 g/mol. The molecule has 1 aliphatic rings. The predicted molar refractivity (Wildman–Crippen MR) is 94.2 cm³/mol. The van der Waals surface area contributed by atoms with Crippen molar-refractivity contribution in [3.05, 3.63) is 71.8 Å². The van der Waals surface area contributed by atoms with Crippen molar-refractivity contribution in [2.24, 2.45) is 0 Å². The molecule has 2 nitrogen and oxygen atoms in total. The molecule has 1 unspecified atom stereocenters. The predicted octanol–water partition coefficient (Wildman–Crippen LogP) is 4.37. The van der Waals surface area contributed by atoms with E-state index in [-0.39, 0.29) is 0 Å². The average molecular weight is 304 g/mol. The topological polar surface area (TPSA) is 27.0 Å². The molecule has 1 atom stereocenters. The molecule has 2 aromatic carbocycles. The van der Waals surface area contributed by atoms with Crippen molar-refractivity contribution in [3.8, 4) is 6.07 Å². The maximum atomic E-state index is 10.2. The zero-order valence-electron chi connectivity index (χ0n) is 13.8. The molecule has 0 spiro atoms. The van der Waals surface area contributed by atoms with Gasteiger partial charge in [-0.25, -0.2) is 0 Å². The quantitative estimate of drug-likeness (QED) is 0.820. The van der Waals surface area contributed by atoms with Crippen LogP contribution in [0.2, 0.25) is 0 Å². The fourth-order valence-corrected chi connectivity index (χ4v) is 3.78. The van der Waals surface area contributed by atoms with Crippen LogP contribution in [0.3, 0.4) is 0 Å². The molecule has 0 saturated carbocycles. The second kappa shape index (κ2) is 6.98. The van der Waals surface area contributed by atoms with Crippen LogP contribution in [0.15, 0.2) is 60.7 Å². The summed E-state index contributed by atoms with van der Waals surface area (Å²) in [6, 6.07) is 23.6. The van der Waals surface area contributed by atoms with E-state index in [1.165, 1.54) is 12.8 Å². The van der Waals surface area contributed by atoms with Gasteiger partial charge in [-0.3, -0.25) is 0 Å². The Morgan fingerprint density at radius 3 is 1.87 bits per heavy atom. The molecule has 1 aliphatic heterocycles. The lowest BCUT2D eigenvalue weighted by molar-refractivity contribution is 0.230. The summed E-state index contributed by atoms with van der Waals surface area (Å²) in [6.07, 6.45) is 3.39. The summed E-state index contributed by atoms with van der Waals surface area (Å²) in [5.41, 5.74) is 1.62. The zero-order chi connectivity index (χ0) is 16.1. The molecule has 0 aliphatic carbocycles. The fraction of sp³-hybridized carbons (Fsp3) is 0.381. The highest BCUT2D eigenvalue weighted by molar-refractivity contribution is 5.46. The Labute approximate surface area is 139 Å². The van der Waals surface area contributed by atoms with Gasteiger partial charge in [0.1, 0.15) is 5.41 Å². The summed E-state index contributed by atoms with van der Waals surface area (Å²) < 4.78 is 0. The van der Waals surface area contributed by atoms with E-state index in [1.54, 1.807) is 0 Å². The van der Waals surface area contributed by atoms with Crippen LogP contribution < -0.4 is 0 Å². The molecule has 0 radical (unpaired) electrons. The van der Waals surface area contributed by atoms with E-state index in [2.05, 4.69) is 42.2 Å². The van der Waals surface area contributed by atoms with E-state index in [1.807, 2.05) is 36.4 Å². The maximum absolute atomic E-state index is 10.2. The van der Waals surface area contributed by atoms with Crippen LogP contribution in [0, 0.1) is 11.3 Å². The van der Waals surface area contributed by atoms with Crippen LogP contribution in [0.4, 0.5) is 0 Å². The lowest BCUT2D eigenvalue weighted by Crippen LogP contribution is -2.38. The molecule has 118 valence electrons. The molecule has 0 amide bonds. The SMILES string of the molecule is CC(CC(C#N)(c1ccccc1)c1ccccc1)N1CCCC1. The van der Waals surface area contributed by atoms with Crippen LogP contribution >= 0.6 is 0 Å². The summed E-state index contributed by atoms with van der Waals surface area (Å²) in [4.78, 5) is 2.53. The van der Waals surface area contributed by atoms with Gasteiger partial charge in [0, 0.05) is 6.04 Å². The first kappa shape index (κ1) is 15.8. The zero-order valence-corrected chi connectivity index (χ0v) is 13.8. The summed E-state index contributed by atoms with van der Waals surface area (Å²) in [5.74, 6) is 0. The molecule has 0 N–H and O–H groups in total. The van der Waals surface area contributed by atoms with E-state index in [0.29, 0.717) is 6.04 Å². The van der Waals surface area contributed by atoms with Crippen molar-refractivity contribution < 1.29 is 0 Å². The first-order chi connectivity index (χ1) is 11.3. The molecule has 0 aromatic heterocycles. The minimum Gasteiger partial charge on any atom is -0.301 e. The molecule has 2 aromatic rings. The van der Waals surface area contributed by atoms with Gasteiger partial charge >= 0.3 is 0 Å². The van der Waals surface area contributed by atoms with Crippen molar-refractivity contribution in [1.29, 1.82) is 5.26 Å². The van der Waals surface area contributed by atoms with E-state index in [4.69, 9.17) is 0 Å².